The van der Waals surface area contributed by atoms with Crippen molar-refractivity contribution in [2.45, 2.75) is 17.7 Å². The van der Waals surface area contributed by atoms with Gasteiger partial charge in [0.25, 0.3) is 10.0 Å². The number of hydrogen-bond donors (Lipinski definition) is 1. The van der Waals surface area contributed by atoms with Crippen molar-refractivity contribution in [3.8, 4) is 0 Å². The number of sulfonamides is 1. The first-order valence-electron chi connectivity index (χ1n) is 7.35. The minimum atomic E-state index is -4.58. The van der Waals surface area contributed by atoms with Crippen LogP contribution >= 0.6 is 0 Å². The van der Waals surface area contributed by atoms with Crippen LogP contribution in [0.2, 0.25) is 0 Å². The van der Waals surface area contributed by atoms with Crippen LogP contribution in [0.3, 0.4) is 0 Å². The van der Waals surface area contributed by atoms with Gasteiger partial charge in [0.05, 0.1) is 11.9 Å². The highest BCUT2D eigenvalue weighted by Gasteiger charge is 2.31. The molecule has 0 fully saturated rings. The minimum Gasteiger partial charge on any atom is -0.333 e. The van der Waals surface area contributed by atoms with Gasteiger partial charge in [0.2, 0.25) is 0 Å². The number of rotatable bonds is 5. The fraction of sp³-hybridized carbons (Fsp3) is 0.125. The van der Waals surface area contributed by atoms with Gasteiger partial charge in [0.15, 0.2) is 5.03 Å². The summed E-state index contributed by atoms with van der Waals surface area (Å²) < 4.78 is 66.2. The SMILES string of the molecule is O=S(=O)(Nc1ccc(Cn2ccnc2)cc1)c1ccc(C(F)(F)F)cn1. The smallest absolute Gasteiger partial charge is 0.333 e. The molecule has 0 atom stereocenters. The van der Waals surface area contributed by atoms with Crippen LogP contribution in [0.5, 0.6) is 0 Å². The number of pyridine rings is 1. The topological polar surface area (TPSA) is 76.9 Å². The van der Waals surface area contributed by atoms with Gasteiger partial charge in [0.1, 0.15) is 0 Å². The molecule has 1 N–H and O–H groups in total. The summed E-state index contributed by atoms with van der Waals surface area (Å²) in [5, 5.41) is -0.493. The summed E-state index contributed by atoms with van der Waals surface area (Å²) in [4.78, 5) is 7.33. The number of aromatic nitrogens is 3. The summed E-state index contributed by atoms with van der Waals surface area (Å²) in [6, 6.07) is 8.09. The molecule has 136 valence electrons. The number of nitrogens with one attached hydrogen (secondary N) is 1. The zero-order chi connectivity index (χ0) is 18.8. The van der Waals surface area contributed by atoms with Gasteiger partial charge in [0, 0.05) is 30.8 Å². The average Bonchev–Trinajstić information content (AvgIpc) is 3.09. The maximum absolute atomic E-state index is 12.5. The third kappa shape index (κ3) is 4.20. The van der Waals surface area contributed by atoms with Crippen LogP contribution in [0, 0.1) is 0 Å². The molecule has 0 aliphatic carbocycles. The lowest BCUT2D eigenvalue weighted by Gasteiger charge is -2.10. The maximum atomic E-state index is 12.5. The van der Waals surface area contributed by atoms with Gasteiger partial charge in [-0.15, -0.1) is 0 Å². The van der Waals surface area contributed by atoms with Gasteiger partial charge in [-0.1, -0.05) is 12.1 Å². The van der Waals surface area contributed by atoms with Gasteiger partial charge in [-0.2, -0.15) is 21.6 Å². The van der Waals surface area contributed by atoms with Crippen molar-refractivity contribution in [3.05, 3.63) is 72.4 Å². The van der Waals surface area contributed by atoms with Crippen molar-refractivity contribution in [2.24, 2.45) is 0 Å². The van der Waals surface area contributed by atoms with Crippen molar-refractivity contribution in [1.82, 2.24) is 14.5 Å². The summed E-state index contributed by atoms with van der Waals surface area (Å²) in [6.07, 6.45) is 1.02. The van der Waals surface area contributed by atoms with Gasteiger partial charge < -0.3 is 4.57 Å². The van der Waals surface area contributed by atoms with Crippen LogP contribution in [-0.2, 0) is 22.7 Å². The predicted octanol–water partition coefficient (Wildman–Crippen LogP) is 3.15. The monoisotopic (exact) mass is 382 g/mol. The first-order valence-corrected chi connectivity index (χ1v) is 8.83. The van der Waals surface area contributed by atoms with E-state index in [1.54, 1.807) is 43.0 Å². The van der Waals surface area contributed by atoms with Crippen LogP contribution in [0.15, 0.2) is 66.3 Å². The molecule has 1 aromatic carbocycles. The molecule has 6 nitrogen and oxygen atoms in total. The summed E-state index contributed by atoms with van der Waals surface area (Å²) in [7, 11) is -4.08. The fourth-order valence-corrected chi connectivity index (χ4v) is 3.17. The van der Waals surface area contributed by atoms with Crippen LogP contribution in [0.25, 0.3) is 0 Å². The summed E-state index contributed by atoms with van der Waals surface area (Å²) in [5.41, 5.74) is 0.194. The van der Waals surface area contributed by atoms with E-state index in [2.05, 4.69) is 14.7 Å². The molecule has 3 aromatic rings. The lowest BCUT2D eigenvalue weighted by molar-refractivity contribution is -0.137. The molecule has 0 saturated carbocycles. The minimum absolute atomic E-state index is 0.279. The Labute approximate surface area is 147 Å². The third-order valence-electron chi connectivity index (χ3n) is 3.47. The van der Waals surface area contributed by atoms with E-state index in [0.717, 1.165) is 11.6 Å². The molecule has 0 amide bonds. The average molecular weight is 382 g/mol. The largest absolute Gasteiger partial charge is 0.417 e. The molecule has 0 aliphatic rings. The molecule has 0 bridgehead atoms. The molecule has 2 heterocycles. The van der Waals surface area contributed by atoms with E-state index in [9.17, 15) is 21.6 Å². The second kappa shape index (κ2) is 6.79. The Morgan fingerprint density at radius 3 is 2.35 bits per heavy atom. The highest BCUT2D eigenvalue weighted by Crippen LogP contribution is 2.29. The van der Waals surface area contributed by atoms with Gasteiger partial charge in [-0.3, -0.25) is 4.72 Å². The number of hydrogen-bond acceptors (Lipinski definition) is 4. The van der Waals surface area contributed by atoms with Crippen molar-refractivity contribution >= 4 is 15.7 Å². The molecule has 10 heteroatoms. The Kier molecular flexibility index (Phi) is 4.68. The van der Waals surface area contributed by atoms with Crippen LogP contribution in [-0.4, -0.2) is 23.0 Å². The molecule has 0 unspecified atom stereocenters. The summed E-state index contributed by atoms with van der Waals surface area (Å²) in [6.45, 7) is 0.577. The standard InChI is InChI=1S/C16H13F3N4O2S/c17-16(18,19)13-3-6-15(21-9-13)26(24,25)22-14-4-1-12(2-5-14)10-23-8-7-20-11-23/h1-9,11,22H,10H2. The zero-order valence-electron chi connectivity index (χ0n) is 13.2. The number of anilines is 1. The van der Waals surface area contributed by atoms with Crippen LogP contribution in [0.1, 0.15) is 11.1 Å². The predicted molar refractivity (Wildman–Crippen MR) is 87.8 cm³/mol. The van der Waals surface area contributed by atoms with Crippen molar-refractivity contribution in [1.29, 1.82) is 0 Å². The van der Waals surface area contributed by atoms with E-state index in [1.807, 2.05) is 4.57 Å². The van der Waals surface area contributed by atoms with Gasteiger partial charge >= 0.3 is 6.18 Å². The van der Waals surface area contributed by atoms with Crippen molar-refractivity contribution in [2.75, 3.05) is 4.72 Å². The molecule has 0 radical (unpaired) electrons. The number of alkyl halides is 3. The van der Waals surface area contributed by atoms with Crippen LogP contribution < -0.4 is 4.72 Å². The number of benzene rings is 1. The van der Waals surface area contributed by atoms with E-state index in [0.29, 0.717) is 18.8 Å². The normalized spacial score (nSPS) is 12.1. The Morgan fingerprint density at radius 2 is 1.81 bits per heavy atom. The maximum Gasteiger partial charge on any atom is 0.417 e. The first kappa shape index (κ1) is 17.9. The van der Waals surface area contributed by atoms with Gasteiger partial charge in [-0.05, 0) is 29.8 Å². The Balaban J connectivity index is 1.72. The first-order chi connectivity index (χ1) is 12.2. The molecule has 3 rings (SSSR count). The van der Waals surface area contributed by atoms with E-state index in [-0.39, 0.29) is 5.69 Å². The molecule has 2 aromatic heterocycles. The van der Waals surface area contributed by atoms with E-state index >= 15 is 0 Å². The Morgan fingerprint density at radius 1 is 1.08 bits per heavy atom. The molecular weight excluding hydrogens is 369 g/mol. The second-order valence-corrected chi connectivity index (χ2v) is 7.05. The van der Waals surface area contributed by atoms with Gasteiger partial charge in [-0.25, -0.2) is 9.97 Å². The molecule has 0 aliphatic heterocycles. The number of imidazole rings is 1. The molecular formula is C16H13F3N4O2S. The highest BCUT2D eigenvalue weighted by atomic mass is 32.2. The van der Waals surface area contributed by atoms with Crippen molar-refractivity contribution in [3.63, 3.8) is 0 Å². The lowest BCUT2D eigenvalue weighted by atomic mass is 10.2. The lowest BCUT2D eigenvalue weighted by Crippen LogP contribution is -2.15. The number of nitrogens with zero attached hydrogens (tertiary/aromatic N) is 3. The third-order valence-corrected chi connectivity index (χ3v) is 4.77. The summed E-state index contributed by atoms with van der Waals surface area (Å²) >= 11 is 0. The Hall–Kier alpha value is -2.88. The zero-order valence-corrected chi connectivity index (χ0v) is 14.0. The quantitative estimate of drug-likeness (QED) is 0.736. The Bertz CT molecular complexity index is 968. The van der Waals surface area contributed by atoms with Crippen molar-refractivity contribution < 1.29 is 21.6 Å². The number of halogens is 3. The van der Waals surface area contributed by atoms with Crippen LogP contribution in [0.4, 0.5) is 18.9 Å². The molecule has 0 spiro atoms. The highest BCUT2D eigenvalue weighted by molar-refractivity contribution is 7.92. The molecule has 0 saturated heterocycles. The summed E-state index contributed by atoms with van der Waals surface area (Å²) in [5.74, 6) is 0. The van der Waals surface area contributed by atoms with E-state index in [4.69, 9.17) is 0 Å². The van der Waals surface area contributed by atoms with E-state index in [1.165, 1.54) is 0 Å². The van der Waals surface area contributed by atoms with E-state index < -0.39 is 26.8 Å². The second-order valence-electron chi connectivity index (χ2n) is 5.42. The molecule has 26 heavy (non-hydrogen) atoms. The fourth-order valence-electron chi connectivity index (χ4n) is 2.18.